The van der Waals surface area contributed by atoms with Gasteiger partial charge in [-0.2, -0.15) is 5.26 Å². The van der Waals surface area contributed by atoms with Crippen molar-refractivity contribution in [2.24, 2.45) is 0 Å². The van der Waals surface area contributed by atoms with Crippen LogP contribution in [0.4, 0.5) is 4.39 Å². The molecule has 1 fully saturated rings. The van der Waals surface area contributed by atoms with Crippen LogP contribution in [-0.4, -0.2) is 30.6 Å². The summed E-state index contributed by atoms with van der Waals surface area (Å²) in [5.41, 5.74) is 1.05. The van der Waals surface area contributed by atoms with Gasteiger partial charge in [-0.3, -0.25) is 4.90 Å². The Morgan fingerprint density at radius 3 is 2.95 bits per heavy atom. The number of halogens is 1. The summed E-state index contributed by atoms with van der Waals surface area (Å²) in [4.78, 5) is 2.30. The Morgan fingerprint density at radius 2 is 2.37 bits per heavy atom. The molecule has 0 aromatic heterocycles. The number of rotatable bonds is 4. The summed E-state index contributed by atoms with van der Waals surface area (Å²) in [5.74, 6) is -0.277. The molecule has 0 amide bonds. The second-order valence-corrected chi connectivity index (χ2v) is 4.98. The third-order valence-electron chi connectivity index (χ3n) is 3.75. The first-order valence-electron chi connectivity index (χ1n) is 6.88. The quantitative estimate of drug-likeness (QED) is 0.903. The SMILES string of the molecule is CCN(Cc1ccc(C#N)cc1F)C1CCCNC1. The molecule has 19 heavy (non-hydrogen) atoms. The summed E-state index contributed by atoms with van der Waals surface area (Å²) >= 11 is 0. The number of nitrogens with one attached hydrogen (secondary N) is 1. The lowest BCUT2D eigenvalue weighted by Crippen LogP contribution is -2.45. The van der Waals surface area contributed by atoms with E-state index in [4.69, 9.17) is 5.26 Å². The predicted molar refractivity (Wildman–Crippen MR) is 73.1 cm³/mol. The Labute approximate surface area is 114 Å². The molecule has 1 aromatic rings. The Bertz CT molecular complexity index is 461. The van der Waals surface area contributed by atoms with Gasteiger partial charge in [-0.05, 0) is 38.1 Å². The number of piperidine rings is 1. The molecular weight excluding hydrogens is 241 g/mol. The van der Waals surface area contributed by atoms with Crippen LogP contribution in [0, 0.1) is 17.1 Å². The number of likely N-dealkylation sites (N-methyl/N-ethyl adjacent to an activating group) is 1. The molecule has 3 nitrogen and oxygen atoms in total. The van der Waals surface area contributed by atoms with E-state index in [-0.39, 0.29) is 5.82 Å². The first kappa shape index (κ1) is 14.0. The fourth-order valence-corrected chi connectivity index (χ4v) is 2.61. The van der Waals surface area contributed by atoms with Crippen molar-refractivity contribution in [3.8, 4) is 6.07 Å². The van der Waals surface area contributed by atoms with Crippen LogP contribution >= 0.6 is 0 Å². The van der Waals surface area contributed by atoms with Crippen LogP contribution < -0.4 is 5.32 Å². The summed E-state index contributed by atoms with van der Waals surface area (Å²) in [6.45, 7) is 5.69. The van der Waals surface area contributed by atoms with E-state index >= 15 is 0 Å². The molecule has 2 rings (SSSR count). The summed E-state index contributed by atoms with van der Waals surface area (Å²) < 4.78 is 13.9. The lowest BCUT2D eigenvalue weighted by Gasteiger charge is -2.34. The van der Waals surface area contributed by atoms with Crippen molar-refractivity contribution >= 4 is 0 Å². The van der Waals surface area contributed by atoms with Crippen LogP contribution in [0.1, 0.15) is 30.9 Å². The van der Waals surface area contributed by atoms with Crippen molar-refractivity contribution in [2.45, 2.75) is 32.4 Å². The minimum Gasteiger partial charge on any atom is -0.315 e. The van der Waals surface area contributed by atoms with Gasteiger partial charge < -0.3 is 5.32 Å². The molecule has 0 spiro atoms. The minimum absolute atomic E-state index is 0.277. The summed E-state index contributed by atoms with van der Waals surface area (Å²) in [7, 11) is 0. The lowest BCUT2D eigenvalue weighted by molar-refractivity contribution is 0.164. The highest BCUT2D eigenvalue weighted by Crippen LogP contribution is 2.17. The Kier molecular flexibility index (Phi) is 4.89. The van der Waals surface area contributed by atoms with Gasteiger partial charge in [0.25, 0.3) is 0 Å². The summed E-state index contributed by atoms with van der Waals surface area (Å²) in [6.07, 6.45) is 2.34. The van der Waals surface area contributed by atoms with Gasteiger partial charge in [-0.25, -0.2) is 4.39 Å². The van der Waals surface area contributed by atoms with Gasteiger partial charge in [0.15, 0.2) is 0 Å². The Balaban J connectivity index is 2.07. The second kappa shape index (κ2) is 6.65. The molecule has 1 aliphatic rings. The number of hydrogen-bond donors (Lipinski definition) is 1. The molecule has 0 bridgehead atoms. The Morgan fingerprint density at radius 1 is 1.53 bits per heavy atom. The maximum absolute atomic E-state index is 13.9. The number of benzene rings is 1. The van der Waals surface area contributed by atoms with Gasteiger partial charge in [0, 0.05) is 24.7 Å². The highest BCUT2D eigenvalue weighted by atomic mass is 19.1. The topological polar surface area (TPSA) is 39.1 Å². The normalized spacial score (nSPS) is 19.4. The standard InChI is InChI=1S/C15H20FN3/c1-2-19(14-4-3-7-18-10-14)11-13-6-5-12(9-17)8-15(13)16/h5-6,8,14,18H,2-4,7,10-11H2,1H3. The van der Waals surface area contributed by atoms with Gasteiger partial charge in [0.2, 0.25) is 0 Å². The van der Waals surface area contributed by atoms with Crippen LogP contribution in [0.5, 0.6) is 0 Å². The molecule has 1 unspecified atom stereocenters. The highest BCUT2D eigenvalue weighted by Gasteiger charge is 2.20. The second-order valence-electron chi connectivity index (χ2n) is 4.98. The first-order chi connectivity index (χ1) is 9.24. The third kappa shape index (κ3) is 3.52. The summed E-state index contributed by atoms with van der Waals surface area (Å²) in [6, 6.07) is 7.18. The summed E-state index contributed by atoms with van der Waals surface area (Å²) in [5, 5.41) is 12.1. The number of nitriles is 1. The van der Waals surface area contributed by atoms with E-state index in [9.17, 15) is 4.39 Å². The molecular formula is C15H20FN3. The zero-order valence-electron chi connectivity index (χ0n) is 11.3. The largest absolute Gasteiger partial charge is 0.315 e. The van der Waals surface area contributed by atoms with E-state index in [1.54, 1.807) is 12.1 Å². The van der Waals surface area contributed by atoms with Crippen molar-refractivity contribution in [1.29, 1.82) is 5.26 Å². The van der Waals surface area contributed by atoms with Gasteiger partial charge in [0.05, 0.1) is 11.6 Å². The number of nitrogens with zero attached hydrogens (tertiary/aromatic N) is 2. The van der Waals surface area contributed by atoms with E-state index in [0.29, 0.717) is 23.7 Å². The van der Waals surface area contributed by atoms with Gasteiger partial charge in [-0.1, -0.05) is 13.0 Å². The van der Waals surface area contributed by atoms with E-state index in [2.05, 4.69) is 17.1 Å². The molecule has 102 valence electrons. The van der Waals surface area contributed by atoms with Crippen LogP contribution in [0.2, 0.25) is 0 Å². The molecule has 1 heterocycles. The maximum atomic E-state index is 13.9. The van der Waals surface area contributed by atoms with Crippen LogP contribution in [0.25, 0.3) is 0 Å². The van der Waals surface area contributed by atoms with Crippen molar-refractivity contribution in [1.82, 2.24) is 10.2 Å². The van der Waals surface area contributed by atoms with Crippen LogP contribution in [0.3, 0.4) is 0 Å². The zero-order valence-corrected chi connectivity index (χ0v) is 11.3. The monoisotopic (exact) mass is 261 g/mol. The average molecular weight is 261 g/mol. The van der Waals surface area contributed by atoms with Gasteiger partial charge >= 0.3 is 0 Å². The molecule has 0 saturated carbocycles. The first-order valence-corrected chi connectivity index (χ1v) is 6.88. The molecule has 1 aliphatic heterocycles. The molecule has 1 aromatic carbocycles. The number of hydrogen-bond acceptors (Lipinski definition) is 3. The van der Waals surface area contributed by atoms with E-state index in [1.807, 2.05) is 6.07 Å². The van der Waals surface area contributed by atoms with Crippen LogP contribution in [-0.2, 0) is 6.54 Å². The van der Waals surface area contributed by atoms with E-state index < -0.39 is 0 Å². The van der Waals surface area contributed by atoms with Crippen molar-refractivity contribution in [2.75, 3.05) is 19.6 Å². The minimum atomic E-state index is -0.277. The molecule has 1 N–H and O–H groups in total. The van der Waals surface area contributed by atoms with Crippen molar-refractivity contribution in [3.63, 3.8) is 0 Å². The Hall–Kier alpha value is -1.44. The molecule has 4 heteroatoms. The fourth-order valence-electron chi connectivity index (χ4n) is 2.61. The zero-order chi connectivity index (χ0) is 13.7. The molecule has 0 aliphatic carbocycles. The van der Waals surface area contributed by atoms with E-state index in [1.165, 1.54) is 18.9 Å². The fraction of sp³-hybridized carbons (Fsp3) is 0.533. The smallest absolute Gasteiger partial charge is 0.129 e. The lowest BCUT2D eigenvalue weighted by atomic mass is 10.0. The maximum Gasteiger partial charge on any atom is 0.129 e. The molecule has 1 atom stereocenters. The molecule has 1 saturated heterocycles. The highest BCUT2D eigenvalue weighted by molar-refractivity contribution is 5.32. The third-order valence-corrected chi connectivity index (χ3v) is 3.75. The average Bonchev–Trinajstić information content (AvgIpc) is 2.47. The molecule has 0 radical (unpaired) electrons. The van der Waals surface area contributed by atoms with Crippen molar-refractivity contribution in [3.05, 3.63) is 35.1 Å². The van der Waals surface area contributed by atoms with Gasteiger partial charge in [0.1, 0.15) is 5.82 Å². The predicted octanol–water partition coefficient (Wildman–Crippen LogP) is 2.27. The van der Waals surface area contributed by atoms with Crippen molar-refractivity contribution < 1.29 is 4.39 Å². The van der Waals surface area contributed by atoms with Gasteiger partial charge in [-0.15, -0.1) is 0 Å². The van der Waals surface area contributed by atoms with Crippen LogP contribution in [0.15, 0.2) is 18.2 Å². The van der Waals surface area contributed by atoms with E-state index in [0.717, 1.165) is 19.6 Å².